The molecule has 8 aromatic rings. The molecule has 0 spiro atoms. The van der Waals surface area contributed by atoms with Crippen molar-refractivity contribution in [1.29, 1.82) is 0 Å². The van der Waals surface area contributed by atoms with Crippen molar-refractivity contribution in [2.75, 3.05) is 0 Å². The Balaban J connectivity index is 1.39. The molecule has 0 nitrogen and oxygen atoms in total. The zero-order chi connectivity index (χ0) is 29.7. The molecule has 0 heterocycles. The van der Waals surface area contributed by atoms with Crippen LogP contribution < -0.4 is 0 Å². The molecular weight excluding hydrogens is 540 g/mol. The minimum atomic E-state index is 0.875. The number of rotatable bonds is 3. The van der Waals surface area contributed by atoms with Crippen molar-refractivity contribution in [3.63, 3.8) is 0 Å². The molecule has 0 bridgehead atoms. The molecule has 0 fully saturated rings. The number of benzene rings is 8. The van der Waals surface area contributed by atoms with Crippen LogP contribution in [0, 0.1) is 0 Å². The van der Waals surface area contributed by atoms with Crippen LogP contribution in [0.3, 0.4) is 0 Å². The fourth-order valence-corrected chi connectivity index (χ4v) is 7.58. The average molecular weight is 571 g/mol. The molecule has 0 aliphatic heterocycles. The highest BCUT2D eigenvalue weighted by Gasteiger charge is 2.23. The summed E-state index contributed by atoms with van der Waals surface area (Å²) >= 11 is 0. The van der Waals surface area contributed by atoms with Gasteiger partial charge >= 0.3 is 0 Å². The summed E-state index contributed by atoms with van der Waals surface area (Å²) in [7, 11) is 0. The number of hydrogen-bond donors (Lipinski definition) is 0. The summed E-state index contributed by atoms with van der Waals surface area (Å²) in [5, 5.41) is 10.3. The Labute approximate surface area is 263 Å². The maximum absolute atomic E-state index is 2.37. The molecule has 0 unspecified atom stereocenters. The zero-order valence-corrected chi connectivity index (χ0v) is 24.9. The molecule has 45 heavy (non-hydrogen) atoms. The number of fused-ring (bicyclic) bond motifs is 5. The van der Waals surface area contributed by atoms with Crippen molar-refractivity contribution in [1.82, 2.24) is 0 Å². The van der Waals surface area contributed by atoms with Crippen molar-refractivity contribution in [3.05, 3.63) is 175 Å². The van der Waals surface area contributed by atoms with E-state index < -0.39 is 0 Å². The third-order valence-corrected chi connectivity index (χ3v) is 9.53. The van der Waals surface area contributed by atoms with Gasteiger partial charge in [-0.3, -0.25) is 0 Å². The van der Waals surface area contributed by atoms with Gasteiger partial charge in [-0.05, 0) is 94.0 Å². The van der Waals surface area contributed by atoms with Crippen LogP contribution in [-0.2, 0) is 6.42 Å². The largest absolute Gasteiger partial charge is 0.0801 e. The maximum atomic E-state index is 2.37. The van der Waals surface area contributed by atoms with E-state index in [1.807, 2.05) is 0 Å². The zero-order valence-electron chi connectivity index (χ0n) is 24.9. The van der Waals surface area contributed by atoms with Crippen LogP contribution in [0.5, 0.6) is 0 Å². The van der Waals surface area contributed by atoms with Crippen LogP contribution in [0.25, 0.3) is 82.5 Å². The molecule has 0 atom stereocenters. The van der Waals surface area contributed by atoms with E-state index in [2.05, 4.69) is 170 Å². The van der Waals surface area contributed by atoms with Gasteiger partial charge in [-0.25, -0.2) is 0 Å². The highest BCUT2D eigenvalue weighted by atomic mass is 14.3. The maximum Gasteiger partial charge on any atom is -0.00233 e. The number of hydrogen-bond acceptors (Lipinski definition) is 0. The normalized spacial score (nSPS) is 12.6. The monoisotopic (exact) mass is 570 g/mol. The third kappa shape index (κ3) is 4.07. The Bertz CT molecular complexity index is 2500. The standard InChI is InChI=1S/C45H30/c1-2-22-39-40(23-3-1)45(42-25-11-10-24-41(42)44(39)38-27-13-17-31-15-5-7-19-33(31)38)43-29-28-37(35-20-8-9-21-36(35)43)34-26-12-16-30-14-4-6-18-32(30)34/h1-22,24-29H,23H2. The average Bonchev–Trinajstić information content (AvgIpc) is 3.36. The van der Waals surface area contributed by atoms with Gasteiger partial charge in [0.1, 0.15) is 0 Å². The van der Waals surface area contributed by atoms with E-state index in [1.165, 1.54) is 87.6 Å². The molecule has 0 saturated heterocycles. The highest BCUT2D eigenvalue weighted by Crippen LogP contribution is 2.47. The Morgan fingerprint density at radius 3 is 1.51 bits per heavy atom. The van der Waals surface area contributed by atoms with E-state index in [0.29, 0.717) is 0 Å². The van der Waals surface area contributed by atoms with Crippen molar-refractivity contribution in [3.8, 4) is 33.4 Å². The lowest BCUT2D eigenvalue weighted by Gasteiger charge is -2.23. The van der Waals surface area contributed by atoms with E-state index >= 15 is 0 Å². The van der Waals surface area contributed by atoms with Crippen molar-refractivity contribution >= 4 is 49.2 Å². The first-order valence-corrected chi connectivity index (χ1v) is 15.8. The van der Waals surface area contributed by atoms with Gasteiger partial charge in [-0.2, -0.15) is 0 Å². The summed E-state index contributed by atoms with van der Waals surface area (Å²) < 4.78 is 0. The van der Waals surface area contributed by atoms with Crippen molar-refractivity contribution in [2.45, 2.75) is 6.42 Å². The molecule has 9 rings (SSSR count). The summed E-state index contributed by atoms with van der Waals surface area (Å²) in [6, 6.07) is 53.5. The summed E-state index contributed by atoms with van der Waals surface area (Å²) in [5.74, 6) is 0. The van der Waals surface area contributed by atoms with Crippen molar-refractivity contribution < 1.29 is 0 Å². The minimum Gasteiger partial charge on any atom is -0.0801 e. The first-order valence-electron chi connectivity index (χ1n) is 15.8. The fraction of sp³-hybridized carbons (Fsp3) is 0.0222. The summed E-state index contributed by atoms with van der Waals surface area (Å²) in [4.78, 5) is 0. The van der Waals surface area contributed by atoms with Crippen LogP contribution >= 0.6 is 0 Å². The molecule has 0 N–H and O–H groups in total. The first kappa shape index (κ1) is 25.7. The second-order valence-electron chi connectivity index (χ2n) is 11.9. The van der Waals surface area contributed by atoms with E-state index in [4.69, 9.17) is 0 Å². The van der Waals surface area contributed by atoms with E-state index in [0.717, 1.165) is 6.42 Å². The second kappa shape index (κ2) is 10.5. The van der Waals surface area contributed by atoms with Crippen LogP contribution in [0.2, 0.25) is 0 Å². The molecule has 210 valence electrons. The molecule has 0 aromatic heterocycles. The second-order valence-corrected chi connectivity index (χ2v) is 11.9. The molecule has 1 aliphatic rings. The van der Waals surface area contributed by atoms with Gasteiger partial charge < -0.3 is 0 Å². The quantitative estimate of drug-likeness (QED) is 0.198. The van der Waals surface area contributed by atoms with Gasteiger partial charge in [-0.15, -0.1) is 0 Å². The van der Waals surface area contributed by atoms with Crippen LogP contribution in [0.4, 0.5) is 0 Å². The van der Waals surface area contributed by atoms with E-state index in [9.17, 15) is 0 Å². The molecular formula is C45H30. The minimum absolute atomic E-state index is 0.875. The fourth-order valence-electron chi connectivity index (χ4n) is 7.58. The summed E-state index contributed by atoms with van der Waals surface area (Å²) in [5.41, 5.74) is 10.5. The Morgan fingerprint density at radius 1 is 0.333 bits per heavy atom. The Morgan fingerprint density at radius 2 is 0.800 bits per heavy atom. The Kier molecular flexibility index (Phi) is 5.99. The SMILES string of the molecule is C1=CCc2c(c(-c3cccc4ccccc34)c3ccccc3c2-c2ccc(-c3cccc4ccccc34)c3ccccc23)C=C1. The van der Waals surface area contributed by atoms with Gasteiger partial charge in [0.15, 0.2) is 0 Å². The molecule has 8 aromatic carbocycles. The predicted molar refractivity (Wildman–Crippen MR) is 195 cm³/mol. The van der Waals surface area contributed by atoms with Crippen molar-refractivity contribution in [2.24, 2.45) is 0 Å². The lowest BCUT2D eigenvalue weighted by Crippen LogP contribution is -2.00. The van der Waals surface area contributed by atoms with Gasteiger partial charge in [0.2, 0.25) is 0 Å². The Hall–Kier alpha value is -5.72. The molecule has 1 aliphatic carbocycles. The highest BCUT2D eigenvalue weighted by molar-refractivity contribution is 6.18. The first-order chi connectivity index (χ1) is 22.4. The molecule has 0 amide bonds. The summed E-state index contributed by atoms with van der Waals surface area (Å²) in [6.45, 7) is 0. The molecule has 0 radical (unpaired) electrons. The smallest absolute Gasteiger partial charge is 0.00233 e. The van der Waals surface area contributed by atoms with Gasteiger partial charge in [0, 0.05) is 0 Å². The van der Waals surface area contributed by atoms with E-state index in [-0.39, 0.29) is 0 Å². The lowest BCUT2D eigenvalue weighted by molar-refractivity contribution is 1.28. The third-order valence-electron chi connectivity index (χ3n) is 9.53. The molecule has 0 heteroatoms. The van der Waals surface area contributed by atoms with Gasteiger partial charge in [-0.1, -0.05) is 170 Å². The summed E-state index contributed by atoms with van der Waals surface area (Å²) in [6.07, 6.45) is 9.92. The van der Waals surface area contributed by atoms with Crippen LogP contribution in [0.15, 0.2) is 164 Å². The number of allylic oxidation sites excluding steroid dienone is 3. The lowest BCUT2D eigenvalue weighted by atomic mass is 9.80. The van der Waals surface area contributed by atoms with Gasteiger partial charge in [0.25, 0.3) is 0 Å². The topological polar surface area (TPSA) is 0 Å². The van der Waals surface area contributed by atoms with Crippen LogP contribution in [0.1, 0.15) is 11.1 Å². The molecule has 0 saturated carbocycles. The van der Waals surface area contributed by atoms with E-state index in [1.54, 1.807) is 0 Å². The predicted octanol–water partition coefficient (Wildman–Crippen LogP) is 12.4. The van der Waals surface area contributed by atoms with Crippen LogP contribution in [-0.4, -0.2) is 0 Å². The van der Waals surface area contributed by atoms with Gasteiger partial charge in [0.05, 0.1) is 0 Å².